The number of thioether (sulfide) groups is 1. The largest absolute Gasteiger partial charge is 0.490 e. The minimum Gasteiger partial charge on any atom is -0.490 e. The van der Waals surface area contributed by atoms with Crippen molar-refractivity contribution in [1.82, 2.24) is 5.32 Å². The standard InChI is InChI=1S/C16H27NOS/c1-13(9-8-12-17-16(2,3)4)18-14-10-6-7-11-15(14)19-5/h6-7,10-11,13,17H,8-9,12H2,1-5H3. The first-order valence-electron chi connectivity index (χ1n) is 6.97. The van der Waals surface area contributed by atoms with Gasteiger partial charge in [-0.3, -0.25) is 0 Å². The van der Waals surface area contributed by atoms with Gasteiger partial charge >= 0.3 is 0 Å². The number of hydrogen-bond acceptors (Lipinski definition) is 3. The molecule has 0 fully saturated rings. The van der Waals surface area contributed by atoms with Crippen LogP contribution < -0.4 is 10.1 Å². The van der Waals surface area contributed by atoms with Gasteiger partial charge in [0.1, 0.15) is 5.75 Å². The van der Waals surface area contributed by atoms with E-state index in [2.05, 4.69) is 57.5 Å². The van der Waals surface area contributed by atoms with E-state index in [1.165, 1.54) is 4.90 Å². The SMILES string of the molecule is CSc1ccccc1OC(C)CCCNC(C)(C)C. The molecular formula is C16H27NOS. The van der Waals surface area contributed by atoms with Crippen LogP contribution in [0.3, 0.4) is 0 Å². The Morgan fingerprint density at radius 2 is 1.95 bits per heavy atom. The summed E-state index contributed by atoms with van der Waals surface area (Å²) in [7, 11) is 0. The number of para-hydroxylation sites is 1. The lowest BCUT2D eigenvalue weighted by Crippen LogP contribution is -2.36. The van der Waals surface area contributed by atoms with Crippen molar-refractivity contribution in [3.8, 4) is 5.75 Å². The highest BCUT2D eigenvalue weighted by atomic mass is 32.2. The van der Waals surface area contributed by atoms with Crippen LogP contribution in [0.1, 0.15) is 40.5 Å². The predicted octanol–water partition coefficient (Wildman–Crippen LogP) is 4.34. The van der Waals surface area contributed by atoms with E-state index < -0.39 is 0 Å². The minimum atomic E-state index is 0.204. The van der Waals surface area contributed by atoms with Gasteiger partial charge in [0.25, 0.3) is 0 Å². The molecule has 108 valence electrons. The summed E-state index contributed by atoms with van der Waals surface area (Å²) in [6.07, 6.45) is 4.56. The fourth-order valence-corrected chi connectivity index (χ4v) is 2.38. The van der Waals surface area contributed by atoms with E-state index in [9.17, 15) is 0 Å². The summed E-state index contributed by atoms with van der Waals surface area (Å²) in [4.78, 5) is 1.21. The molecule has 0 aliphatic carbocycles. The second kappa shape index (κ2) is 7.81. The molecule has 0 radical (unpaired) electrons. The molecule has 1 aromatic rings. The molecule has 3 heteroatoms. The van der Waals surface area contributed by atoms with Crippen LogP contribution in [-0.4, -0.2) is 24.4 Å². The van der Waals surface area contributed by atoms with Crippen LogP contribution in [-0.2, 0) is 0 Å². The highest BCUT2D eigenvalue weighted by Gasteiger charge is 2.10. The summed E-state index contributed by atoms with van der Waals surface area (Å²) in [6.45, 7) is 9.78. The Hall–Kier alpha value is -0.670. The average molecular weight is 281 g/mol. The molecule has 0 spiro atoms. The number of nitrogens with one attached hydrogen (secondary N) is 1. The first-order valence-corrected chi connectivity index (χ1v) is 8.19. The maximum Gasteiger partial charge on any atom is 0.133 e. The van der Waals surface area contributed by atoms with Gasteiger partial charge in [0, 0.05) is 10.4 Å². The van der Waals surface area contributed by atoms with Gasteiger partial charge in [-0.05, 0) is 65.5 Å². The summed E-state index contributed by atoms with van der Waals surface area (Å²) in [5.74, 6) is 1.01. The molecule has 1 atom stereocenters. The molecule has 1 N–H and O–H groups in total. The first-order chi connectivity index (χ1) is 8.92. The minimum absolute atomic E-state index is 0.204. The molecule has 0 amide bonds. The van der Waals surface area contributed by atoms with Crippen LogP contribution >= 0.6 is 11.8 Å². The van der Waals surface area contributed by atoms with Gasteiger partial charge in [-0.15, -0.1) is 11.8 Å². The van der Waals surface area contributed by atoms with Crippen molar-refractivity contribution in [3.05, 3.63) is 24.3 Å². The molecular weight excluding hydrogens is 254 g/mol. The van der Waals surface area contributed by atoms with Gasteiger partial charge in [0.15, 0.2) is 0 Å². The topological polar surface area (TPSA) is 21.3 Å². The maximum atomic E-state index is 6.02. The normalized spacial score (nSPS) is 13.3. The number of rotatable bonds is 7. The van der Waals surface area contributed by atoms with Crippen LogP contribution in [0.5, 0.6) is 5.75 Å². The molecule has 0 bridgehead atoms. The van der Waals surface area contributed by atoms with Crippen molar-refractivity contribution >= 4 is 11.8 Å². The van der Waals surface area contributed by atoms with Gasteiger partial charge in [-0.2, -0.15) is 0 Å². The third-order valence-corrected chi connectivity index (χ3v) is 3.62. The molecule has 1 rings (SSSR count). The van der Waals surface area contributed by atoms with Crippen molar-refractivity contribution in [1.29, 1.82) is 0 Å². The van der Waals surface area contributed by atoms with Crippen LogP contribution in [0.2, 0.25) is 0 Å². The Kier molecular flexibility index (Phi) is 6.73. The molecule has 19 heavy (non-hydrogen) atoms. The molecule has 1 aromatic carbocycles. The number of hydrogen-bond donors (Lipinski definition) is 1. The fourth-order valence-electron chi connectivity index (χ4n) is 1.84. The number of benzene rings is 1. The highest BCUT2D eigenvalue weighted by molar-refractivity contribution is 7.98. The van der Waals surface area contributed by atoms with Gasteiger partial charge in [0.2, 0.25) is 0 Å². The van der Waals surface area contributed by atoms with Gasteiger partial charge in [0.05, 0.1) is 6.10 Å². The van der Waals surface area contributed by atoms with Gasteiger partial charge < -0.3 is 10.1 Å². The lowest BCUT2D eigenvalue weighted by Gasteiger charge is -2.21. The van der Waals surface area contributed by atoms with Crippen molar-refractivity contribution in [3.63, 3.8) is 0 Å². The Bertz CT molecular complexity index is 373. The van der Waals surface area contributed by atoms with E-state index in [1.807, 2.05) is 6.07 Å². The lowest BCUT2D eigenvalue weighted by atomic mass is 10.1. The van der Waals surface area contributed by atoms with E-state index in [0.717, 1.165) is 25.1 Å². The maximum absolute atomic E-state index is 6.02. The molecule has 0 aliphatic rings. The van der Waals surface area contributed by atoms with Crippen molar-refractivity contribution in [2.45, 2.75) is 57.1 Å². The molecule has 0 aromatic heterocycles. The summed E-state index contributed by atoms with van der Waals surface area (Å²) >= 11 is 1.73. The van der Waals surface area contributed by atoms with E-state index in [4.69, 9.17) is 4.74 Å². The zero-order valence-electron chi connectivity index (χ0n) is 12.8. The molecule has 0 saturated carbocycles. The van der Waals surface area contributed by atoms with E-state index in [1.54, 1.807) is 11.8 Å². The molecule has 0 heterocycles. The highest BCUT2D eigenvalue weighted by Crippen LogP contribution is 2.28. The number of ether oxygens (including phenoxy) is 1. The molecule has 1 unspecified atom stereocenters. The first kappa shape index (κ1) is 16.4. The summed E-state index contributed by atoms with van der Waals surface area (Å²) in [5.41, 5.74) is 0.204. The van der Waals surface area contributed by atoms with E-state index in [-0.39, 0.29) is 11.6 Å². The fraction of sp³-hybridized carbons (Fsp3) is 0.625. The van der Waals surface area contributed by atoms with E-state index in [0.29, 0.717) is 0 Å². The second-order valence-electron chi connectivity index (χ2n) is 5.90. The molecule has 0 saturated heterocycles. The second-order valence-corrected chi connectivity index (χ2v) is 6.75. The average Bonchev–Trinajstić information content (AvgIpc) is 2.34. The van der Waals surface area contributed by atoms with Gasteiger partial charge in [-0.1, -0.05) is 12.1 Å². The molecule has 2 nitrogen and oxygen atoms in total. The Morgan fingerprint density at radius 3 is 2.58 bits per heavy atom. The molecule has 0 aliphatic heterocycles. The van der Waals surface area contributed by atoms with E-state index >= 15 is 0 Å². The Morgan fingerprint density at radius 1 is 1.26 bits per heavy atom. The third-order valence-electron chi connectivity index (χ3n) is 2.84. The zero-order chi connectivity index (χ0) is 14.3. The Labute approximate surface area is 122 Å². The van der Waals surface area contributed by atoms with Crippen molar-refractivity contribution in [2.75, 3.05) is 12.8 Å². The summed E-state index contributed by atoms with van der Waals surface area (Å²) < 4.78 is 6.02. The van der Waals surface area contributed by atoms with Crippen LogP contribution in [0.4, 0.5) is 0 Å². The summed E-state index contributed by atoms with van der Waals surface area (Å²) in [6, 6.07) is 8.24. The van der Waals surface area contributed by atoms with Crippen molar-refractivity contribution in [2.24, 2.45) is 0 Å². The predicted molar refractivity (Wildman–Crippen MR) is 85.3 cm³/mol. The lowest BCUT2D eigenvalue weighted by molar-refractivity contribution is 0.201. The quantitative estimate of drug-likeness (QED) is 0.593. The van der Waals surface area contributed by atoms with Gasteiger partial charge in [-0.25, -0.2) is 0 Å². The van der Waals surface area contributed by atoms with Crippen LogP contribution in [0.15, 0.2) is 29.2 Å². The monoisotopic (exact) mass is 281 g/mol. The van der Waals surface area contributed by atoms with Crippen molar-refractivity contribution < 1.29 is 4.74 Å². The smallest absolute Gasteiger partial charge is 0.133 e. The zero-order valence-corrected chi connectivity index (χ0v) is 13.6. The summed E-state index contributed by atoms with van der Waals surface area (Å²) in [5, 5.41) is 3.50. The third kappa shape index (κ3) is 6.88. The Balaban J connectivity index is 2.33. The van der Waals surface area contributed by atoms with Crippen LogP contribution in [0, 0.1) is 0 Å². The van der Waals surface area contributed by atoms with Crippen LogP contribution in [0.25, 0.3) is 0 Å².